The Morgan fingerprint density at radius 2 is 2.16 bits per heavy atom. The molecule has 2 aromatic rings. The molecule has 1 aliphatic rings. The maximum Gasteiger partial charge on any atom is 0.244 e. The number of hydrogen-bond donors (Lipinski definition) is 1. The average molecular weight is 362 g/mol. The first-order valence-corrected chi connectivity index (χ1v) is 10.2. The summed E-state index contributed by atoms with van der Waals surface area (Å²) in [4.78, 5) is 12.1. The van der Waals surface area contributed by atoms with Crippen LogP contribution >= 0.6 is 0 Å². The van der Waals surface area contributed by atoms with Gasteiger partial charge in [-0.25, -0.2) is 13.8 Å². The van der Waals surface area contributed by atoms with Crippen molar-refractivity contribution in [1.29, 1.82) is 0 Å². The van der Waals surface area contributed by atoms with E-state index in [0.717, 1.165) is 28.5 Å². The van der Waals surface area contributed by atoms with Crippen LogP contribution in [0.2, 0.25) is 0 Å². The Bertz CT molecular complexity index is 957. The van der Waals surface area contributed by atoms with Crippen LogP contribution in [0.3, 0.4) is 0 Å². The fraction of sp³-hybridized carbons (Fsp3) is 0.444. The largest absolute Gasteiger partial charge is 0.454 e. The molecule has 0 aliphatic carbocycles. The predicted molar refractivity (Wildman–Crippen MR) is 97.4 cm³/mol. The molecular weight excluding hydrogens is 340 g/mol. The summed E-state index contributed by atoms with van der Waals surface area (Å²) in [7, 11) is -3.09. The number of fused-ring (bicyclic) bond motifs is 1. The number of carbonyl (C=O) groups is 1. The molecule has 7 heteroatoms. The van der Waals surface area contributed by atoms with Gasteiger partial charge in [-0.05, 0) is 38.8 Å². The molecule has 134 valence electrons. The molecule has 0 radical (unpaired) electrons. The lowest BCUT2D eigenvalue weighted by molar-refractivity contribution is -0.124. The number of sulfone groups is 1. The number of benzene rings is 1. The topological polar surface area (TPSA) is 88.7 Å². The molecule has 0 bridgehead atoms. The number of nitrogens with one attached hydrogen (secondary N) is 1. The molecule has 6 nitrogen and oxygen atoms in total. The van der Waals surface area contributed by atoms with Crippen molar-refractivity contribution in [3.8, 4) is 0 Å². The second kappa shape index (κ2) is 6.63. The summed E-state index contributed by atoms with van der Waals surface area (Å²) in [6.45, 7) is 5.85. The Morgan fingerprint density at radius 1 is 1.40 bits per heavy atom. The Morgan fingerprint density at radius 3 is 2.80 bits per heavy atom. The zero-order valence-corrected chi connectivity index (χ0v) is 15.4. The summed E-state index contributed by atoms with van der Waals surface area (Å²) in [6, 6.07) is 6.00. The first-order valence-electron chi connectivity index (χ1n) is 8.37. The molecule has 0 spiro atoms. The lowest BCUT2D eigenvalue weighted by Crippen LogP contribution is -2.28. The highest BCUT2D eigenvalue weighted by atomic mass is 32.2. The zero-order chi connectivity index (χ0) is 18.2. The maximum atomic E-state index is 12.1. The summed E-state index contributed by atoms with van der Waals surface area (Å²) in [5.74, 6) is -0.257. The fourth-order valence-electron chi connectivity index (χ4n) is 3.19. The molecule has 1 aliphatic heterocycles. The third-order valence-electron chi connectivity index (χ3n) is 4.57. The van der Waals surface area contributed by atoms with Crippen LogP contribution in [0.15, 0.2) is 27.7 Å². The number of aryl methyl sites for hydroxylation is 2. The van der Waals surface area contributed by atoms with E-state index in [4.69, 9.17) is 4.42 Å². The Hall–Kier alpha value is -2.15. The Kier molecular flexibility index (Phi) is 4.69. The van der Waals surface area contributed by atoms with Gasteiger partial charge in [0.15, 0.2) is 15.6 Å². The van der Waals surface area contributed by atoms with Crippen molar-refractivity contribution in [3.05, 3.63) is 35.1 Å². The third kappa shape index (κ3) is 3.61. The van der Waals surface area contributed by atoms with Crippen LogP contribution in [-0.2, 0) is 21.1 Å². The van der Waals surface area contributed by atoms with E-state index in [9.17, 15) is 13.2 Å². The van der Waals surface area contributed by atoms with Crippen LogP contribution in [-0.4, -0.2) is 31.5 Å². The van der Waals surface area contributed by atoms with Crippen LogP contribution in [0.4, 0.5) is 0 Å². The molecular formula is C18H22N2O4S. The van der Waals surface area contributed by atoms with Crippen molar-refractivity contribution in [2.45, 2.75) is 33.6 Å². The quantitative estimate of drug-likeness (QED) is 0.669. The lowest BCUT2D eigenvalue weighted by atomic mass is 10.0. The molecule has 1 amide bonds. The average Bonchev–Trinajstić information content (AvgIpc) is 3.11. The number of carbonyl (C=O) groups excluding carboxylic acids is 1. The highest BCUT2D eigenvalue weighted by molar-refractivity contribution is 7.91. The van der Waals surface area contributed by atoms with Gasteiger partial charge in [0, 0.05) is 10.9 Å². The molecule has 1 fully saturated rings. The highest BCUT2D eigenvalue weighted by Gasteiger charge is 2.33. The predicted octanol–water partition coefficient (Wildman–Crippen LogP) is 2.58. The van der Waals surface area contributed by atoms with Gasteiger partial charge in [0.25, 0.3) is 0 Å². The standard InChI is InChI=1S/C18H22N2O4S/c1-4-14-15-9-11(2)5-6-16(15)24-17(14)12(3)19-20-18(21)13-7-8-25(22,23)10-13/h5-6,9,13H,4,7-8,10H2,1-3H3,(H,20,21)/b19-12-/t13-/m0/s1. The van der Waals surface area contributed by atoms with E-state index in [0.29, 0.717) is 17.9 Å². The van der Waals surface area contributed by atoms with Gasteiger partial charge in [0.1, 0.15) is 11.3 Å². The second-order valence-corrected chi connectivity index (χ2v) is 8.76. The number of rotatable bonds is 4. The first-order chi connectivity index (χ1) is 11.8. The SMILES string of the molecule is CCc1c(/C(C)=N\NC(=O)[C@H]2CCS(=O)(=O)C2)oc2ccc(C)cc12. The molecule has 2 heterocycles. The minimum Gasteiger partial charge on any atom is -0.454 e. The molecule has 25 heavy (non-hydrogen) atoms. The summed E-state index contributed by atoms with van der Waals surface area (Å²) in [5, 5.41) is 5.20. The summed E-state index contributed by atoms with van der Waals surface area (Å²) >= 11 is 0. The molecule has 3 rings (SSSR count). The van der Waals surface area contributed by atoms with Gasteiger partial charge in [-0.15, -0.1) is 0 Å². The van der Waals surface area contributed by atoms with E-state index in [2.05, 4.69) is 16.6 Å². The van der Waals surface area contributed by atoms with E-state index in [1.54, 1.807) is 6.92 Å². The van der Waals surface area contributed by atoms with Crippen molar-refractivity contribution < 1.29 is 17.6 Å². The van der Waals surface area contributed by atoms with Crippen LogP contribution in [0.25, 0.3) is 11.0 Å². The molecule has 0 saturated carbocycles. The van der Waals surface area contributed by atoms with Crippen LogP contribution in [0.1, 0.15) is 37.2 Å². The number of hydrogen-bond acceptors (Lipinski definition) is 5. The van der Waals surface area contributed by atoms with Crippen molar-refractivity contribution >= 4 is 32.4 Å². The molecule has 1 atom stereocenters. The molecule has 1 saturated heterocycles. The third-order valence-corrected chi connectivity index (χ3v) is 6.33. The van der Waals surface area contributed by atoms with Crippen LogP contribution < -0.4 is 5.43 Å². The van der Waals surface area contributed by atoms with Gasteiger partial charge in [-0.2, -0.15) is 5.10 Å². The van der Waals surface area contributed by atoms with E-state index in [1.807, 2.05) is 26.0 Å². The van der Waals surface area contributed by atoms with E-state index >= 15 is 0 Å². The highest BCUT2D eigenvalue weighted by Crippen LogP contribution is 2.28. The summed E-state index contributed by atoms with van der Waals surface area (Å²) in [6.07, 6.45) is 1.14. The van der Waals surface area contributed by atoms with E-state index < -0.39 is 15.8 Å². The van der Waals surface area contributed by atoms with Gasteiger partial charge >= 0.3 is 0 Å². The number of furan rings is 1. The van der Waals surface area contributed by atoms with E-state index in [1.165, 1.54) is 0 Å². The monoisotopic (exact) mass is 362 g/mol. The summed E-state index contributed by atoms with van der Waals surface area (Å²) in [5.41, 5.74) is 6.06. The van der Waals surface area contributed by atoms with E-state index in [-0.39, 0.29) is 17.4 Å². The first kappa shape index (κ1) is 17.7. The summed E-state index contributed by atoms with van der Waals surface area (Å²) < 4.78 is 28.9. The van der Waals surface area contributed by atoms with Gasteiger partial charge < -0.3 is 4.42 Å². The maximum absolute atomic E-state index is 12.1. The molecule has 0 unspecified atom stereocenters. The Balaban J connectivity index is 1.83. The van der Waals surface area contributed by atoms with Crippen LogP contribution in [0.5, 0.6) is 0 Å². The van der Waals surface area contributed by atoms with Crippen molar-refractivity contribution in [1.82, 2.24) is 5.43 Å². The Labute approximate surface area is 147 Å². The van der Waals surface area contributed by atoms with Crippen molar-refractivity contribution in [2.24, 2.45) is 11.0 Å². The number of hydrazone groups is 1. The number of nitrogens with zero attached hydrogens (tertiary/aromatic N) is 1. The minimum absolute atomic E-state index is 0.0662. The second-order valence-electron chi connectivity index (χ2n) is 6.54. The number of amides is 1. The fourth-order valence-corrected chi connectivity index (χ4v) is 4.93. The van der Waals surface area contributed by atoms with Gasteiger partial charge in [-0.1, -0.05) is 18.6 Å². The molecule has 1 aromatic carbocycles. The van der Waals surface area contributed by atoms with Gasteiger partial charge in [0.05, 0.1) is 17.4 Å². The van der Waals surface area contributed by atoms with Gasteiger partial charge in [0.2, 0.25) is 5.91 Å². The van der Waals surface area contributed by atoms with Crippen LogP contribution in [0, 0.1) is 12.8 Å². The van der Waals surface area contributed by atoms with Crippen molar-refractivity contribution in [3.63, 3.8) is 0 Å². The van der Waals surface area contributed by atoms with Gasteiger partial charge in [-0.3, -0.25) is 4.79 Å². The molecule has 1 N–H and O–H groups in total. The zero-order valence-electron chi connectivity index (χ0n) is 14.6. The molecule has 1 aromatic heterocycles. The van der Waals surface area contributed by atoms with Crippen molar-refractivity contribution in [2.75, 3.05) is 11.5 Å². The minimum atomic E-state index is -3.09. The lowest BCUT2D eigenvalue weighted by Gasteiger charge is -2.06. The normalized spacial score (nSPS) is 20.1. The smallest absolute Gasteiger partial charge is 0.244 e.